The van der Waals surface area contributed by atoms with E-state index in [9.17, 15) is 9.66 Å². The third kappa shape index (κ3) is 5.63. The highest BCUT2D eigenvalue weighted by Gasteiger charge is 2.11. The van der Waals surface area contributed by atoms with Crippen molar-refractivity contribution in [1.29, 1.82) is 0 Å². The smallest absolute Gasteiger partial charge is 0.229 e. The van der Waals surface area contributed by atoms with Crippen molar-refractivity contribution in [2.75, 3.05) is 25.4 Å². The summed E-state index contributed by atoms with van der Waals surface area (Å²) in [6.45, 7) is 3.75. The summed E-state index contributed by atoms with van der Waals surface area (Å²) in [5, 5.41) is 10.3. The van der Waals surface area contributed by atoms with Crippen LogP contribution in [0.15, 0.2) is 29.3 Å². The van der Waals surface area contributed by atoms with Gasteiger partial charge in [-0.15, -0.1) is 4.37 Å². The van der Waals surface area contributed by atoms with Gasteiger partial charge in [-0.05, 0) is 49.9 Å². The molecule has 2 heterocycles. The summed E-state index contributed by atoms with van der Waals surface area (Å²) in [6, 6.07) is 8.47. The van der Waals surface area contributed by atoms with E-state index in [4.69, 9.17) is 5.73 Å². The lowest BCUT2D eigenvalue weighted by Crippen LogP contribution is -2.29. The highest BCUT2D eigenvalue weighted by molar-refractivity contribution is 7.13. The Bertz CT molecular complexity index is 767. The molecule has 3 rings (SSSR count). The Kier molecular flexibility index (Phi) is 6.79. The van der Waals surface area contributed by atoms with Crippen LogP contribution in [0.25, 0.3) is 0 Å². The Balaban J connectivity index is 1.50. The van der Waals surface area contributed by atoms with Crippen LogP contribution in [0.3, 0.4) is 0 Å². The number of hydrogen-bond donors (Lipinski definition) is 3. The second-order valence-electron chi connectivity index (χ2n) is 6.86. The van der Waals surface area contributed by atoms with Gasteiger partial charge in [-0.25, -0.2) is 0 Å². The number of rotatable bonds is 7. The third-order valence-corrected chi connectivity index (χ3v) is 5.39. The molecule has 8 heteroatoms. The maximum absolute atomic E-state index is 11.2. The van der Waals surface area contributed by atoms with Crippen LogP contribution in [0.2, 0.25) is 0 Å². The Morgan fingerprint density at radius 3 is 2.81 bits per heavy atom. The molecule has 0 aliphatic carbocycles. The normalized spacial score (nSPS) is 18.2. The second-order valence-corrected chi connectivity index (χ2v) is 7.75. The Morgan fingerprint density at radius 2 is 2.08 bits per heavy atom. The molecule has 0 spiro atoms. The molecule has 1 aromatic carbocycles. The van der Waals surface area contributed by atoms with E-state index < -0.39 is 17.2 Å². The third-order valence-electron chi connectivity index (χ3n) is 4.66. The number of anilines is 1. The minimum absolute atomic E-state index is 0.156. The summed E-state index contributed by atoms with van der Waals surface area (Å²) in [4.78, 5) is 6.72. The summed E-state index contributed by atoms with van der Waals surface area (Å²) < 4.78 is 17.4. The highest BCUT2D eigenvalue weighted by Crippen LogP contribution is 2.15. The van der Waals surface area contributed by atoms with E-state index in [-0.39, 0.29) is 5.82 Å². The van der Waals surface area contributed by atoms with Gasteiger partial charge in [-0.1, -0.05) is 30.7 Å². The molecular weight excluding hydrogens is 350 g/mol. The van der Waals surface area contributed by atoms with Crippen molar-refractivity contribution in [1.82, 2.24) is 13.6 Å². The van der Waals surface area contributed by atoms with Crippen LogP contribution < -0.4 is 11.2 Å². The summed E-state index contributed by atoms with van der Waals surface area (Å²) in [7, 11) is 0. The fourth-order valence-electron chi connectivity index (χ4n) is 3.33. The first-order valence-corrected chi connectivity index (χ1v) is 10.3. The largest absolute Gasteiger partial charge is 0.548 e. The number of nitrogens with two attached hydrogens (primary N) is 1. The first-order chi connectivity index (χ1) is 12.6. The van der Waals surface area contributed by atoms with Gasteiger partial charge in [0, 0.05) is 17.5 Å². The molecule has 7 nitrogen and oxygen atoms in total. The highest BCUT2D eigenvalue weighted by atomic mass is 32.2. The number of nitrogen functional groups attached to an aromatic ring is 1. The number of nitrogens with one attached hydrogen (secondary N) is 1. The molecule has 1 saturated heterocycles. The molecule has 0 saturated carbocycles. The molecule has 0 bridgehead atoms. The van der Waals surface area contributed by atoms with Gasteiger partial charge in [0.05, 0.1) is 6.10 Å². The van der Waals surface area contributed by atoms with Crippen LogP contribution in [-0.4, -0.2) is 49.0 Å². The van der Waals surface area contributed by atoms with Crippen molar-refractivity contribution in [3.63, 3.8) is 0 Å². The number of aromatic nitrogens is 2. The summed E-state index contributed by atoms with van der Waals surface area (Å²) >= 11 is -1.52. The van der Waals surface area contributed by atoms with Crippen LogP contribution in [-0.2, 0) is 13.0 Å². The van der Waals surface area contributed by atoms with Gasteiger partial charge in [0.25, 0.3) is 0 Å². The van der Waals surface area contributed by atoms with Crippen LogP contribution in [0, 0.1) is 0 Å². The number of aliphatic hydroxyl groups is 1. The summed E-state index contributed by atoms with van der Waals surface area (Å²) in [5.74, 6) is 0.156. The van der Waals surface area contributed by atoms with Crippen LogP contribution in [0.5, 0.6) is 0 Å². The lowest BCUT2D eigenvalue weighted by Gasteiger charge is -2.26. The Morgan fingerprint density at radius 1 is 1.31 bits per heavy atom. The van der Waals surface area contributed by atoms with Crippen LogP contribution in [0.4, 0.5) is 5.82 Å². The zero-order chi connectivity index (χ0) is 18.4. The molecule has 1 aromatic heterocycles. The Hall–Kier alpha value is -1.74. The van der Waals surface area contributed by atoms with Crippen molar-refractivity contribution >= 4 is 17.0 Å². The molecule has 4 N–H and O–H groups in total. The number of likely N-dealkylation sites (tertiary alicyclic amines) is 1. The topological polar surface area (TPSA) is 114 Å². The van der Waals surface area contributed by atoms with E-state index in [0.29, 0.717) is 24.9 Å². The average Bonchev–Trinajstić information content (AvgIpc) is 2.93. The summed E-state index contributed by atoms with van der Waals surface area (Å²) in [5.41, 5.74) is 8.39. The van der Waals surface area contributed by atoms with E-state index in [2.05, 4.69) is 42.9 Å². The quantitative estimate of drug-likeness (QED) is 0.634. The molecule has 1 aliphatic rings. The number of hydrogen-bond acceptors (Lipinski definition) is 6. The van der Waals surface area contributed by atoms with E-state index >= 15 is 0 Å². The fourth-order valence-corrected chi connectivity index (χ4v) is 3.98. The van der Waals surface area contributed by atoms with Crippen molar-refractivity contribution < 1.29 is 9.66 Å². The van der Waals surface area contributed by atoms with Crippen LogP contribution >= 0.6 is 11.1 Å². The molecule has 0 radical (unpaired) electrons. The first kappa shape index (κ1) is 19.0. The summed E-state index contributed by atoms with van der Waals surface area (Å²) in [6.07, 6.45) is 4.56. The van der Waals surface area contributed by atoms with E-state index in [1.807, 2.05) is 0 Å². The van der Waals surface area contributed by atoms with E-state index in [0.717, 1.165) is 12.1 Å². The Labute approximate surface area is 156 Å². The van der Waals surface area contributed by atoms with Crippen molar-refractivity contribution in [2.45, 2.75) is 44.8 Å². The molecule has 2 unspecified atom stereocenters. The number of aliphatic hydroxyl groups excluding tert-OH is 1. The van der Waals surface area contributed by atoms with Crippen LogP contribution in [0.1, 0.15) is 36.8 Å². The standard InChI is InChI=1S/C18H27N5O2S/c19-17-18(22-26(25)21-17)20-8-7-16(24)12-14-5-4-6-15(11-14)13-23-9-2-1-3-10-23/h4-6,11,16,24H,1-3,7-10,12-13H2,(H2,19,21)(H,20,22). The molecule has 1 fully saturated rings. The lowest BCUT2D eigenvalue weighted by molar-refractivity contribution is 0.167. The van der Waals surface area contributed by atoms with Gasteiger partial charge >= 0.3 is 0 Å². The van der Waals surface area contributed by atoms with Gasteiger partial charge in [0.2, 0.25) is 11.3 Å². The van der Waals surface area contributed by atoms with Crippen molar-refractivity contribution in [2.24, 2.45) is 4.99 Å². The maximum Gasteiger partial charge on any atom is 0.229 e. The minimum Gasteiger partial charge on any atom is -0.548 e. The number of H-pyrrole nitrogens is 1. The predicted molar refractivity (Wildman–Crippen MR) is 102 cm³/mol. The monoisotopic (exact) mass is 377 g/mol. The number of benzene rings is 1. The fraction of sp³-hybridized carbons (Fsp3) is 0.556. The van der Waals surface area contributed by atoms with Gasteiger partial charge in [0.1, 0.15) is 0 Å². The van der Waals surface area contributed by atoms with Crippen molar-refractivity contribution in [3.05, 3.63) is 40.9 Å². The first-order valence-electron chi connectivity index (χ1n) is 9.16. The number of nitrogens with zero attached hydrogens (tertiary/aromatic N) is 3. The van der Waals surface area contributed by atoms with Crippen molar-refractivity contribution in [3.8, 4) is 0 Å². The molecule has 2 aromatic rings. The second kappa shape index (κ2) is 9.27. The van der Waals surface area contributed by atoms with E-state index in [1.54, 1.807) is 0 Å². The number of piperidine rings is 1. The lowest BCUT2D eigenvalue weighted by atomic mass is 10.0. The van der Waals surface area contributed by atoms with Gasteiger partial charge < -0.3 is 15.4 Å². The predicted octanol–water partition coefficient (Wildman–Crippen LogP) is 1.60. The molecule has 0 amide bonds. The number of aromatic amines is 1. The maximum atomic E-state index is 11.2. The zero-order valence-corrected chi connectivity index (χ0v) is 15.7. The van der Waals surface area contributed by atoms with Gasteiger partial charge in [0.15, 0.2) is 11.1 Å². The molecule has 1 aliphatic heterocycles. The molecule has 142 valence electrons. The molecular formula is C18H27N5O2S. The molecule has 26 heavy (non-hydrogen) atoms. The molecule has 2 atom stereocenters. The zero-order valence-electron chi connectivity index (χ0n) is 14.9. The SMILES string of the molecule is Nc1n[s+]([O-])[nH]c1=NCCC(O)Cc1cccc(CN2CCCCC2)c1. The van der Waals surface area contributed by atoms with Gasteiger partial charge in [-0.2, -0.15) is 0 Å². The van der Waals surface area contributed by atoms with E-state index in [1.165, 1.54) is 37.9 Å². The minimum atomic E-state index is -1.52. The average molecular weight is 378 g/mol. The van der Waals surface area contributed by atoms with Gasteiger partial charge in [-0.3, -0.25) is 9.89 Å².